The maximum atomic E-state index is 6.59. The van der Waals surface area contributed by atoms with Crippen LogP contribution in [-0.4, -0.2) is 52.6 Å². The van der Waals surface area contributed by atoms with E-state index in [1.165, 1.54) is 42.5 Å². The summed E-state index contributed by atoms with van der Waals surface area (Å²) in [5.41, 5.74) is 7.75. The van der Waals surface area contributed by atoms with Crippen molar-refractivity contribution in [3.8, 4) is 11.3 Å². The van der Waals surface area contributed by atoms with Gasteiger partial charge in [0.05, 0.1) is 16.9 Å². The summed E-state index contributed by atoms with van der Waals surface area (Å²) in [4.78, 5) is 17.8. The minimum absolute atomic E-state index is 0.541. The topological polar surface area (TPSA) is 60.1 Å². The number of nitrogens with one attached hydrogen (secondary N) is 2. The number of nitrogens with zero attached hydrogens (tertiary/aromatic N) is 4. The lowest BCUT2D eigenvalue weighted by molar-refractivity contribution is 0.218. The van der Waals surface area contributed by atoms with Crippen LogP contribution in [0.25, 0.3) is 22.2 Å². The molecule has 37 heavy (non-hydrogen) atoms. The Bertz CT molecular complexity index is 1420. The second kappa shape index (κ2) is 9.99. The second-order valence-corrected chi connectivity index (χ2v) is 11.1. The molecular formula is C30H35ClN6. The lowest BCUT2D eigenvalue weighted by Gasteiger charge is -2.37. The Labute approximate surface area is 224 Å². The first kappa shape index (κ1) is 24.3. The molecular weight excluding hydrogens is 480 g/mol. The maximum absolute atomic E-state index is 6.59. The van der Waals surface area contributed by atoms with E-state index in [4.69, 9.17) is 16.6 Å². The molecule has 1 aliphatic carbocycles. The molecule has 2 aromatic carbocycles. The third kappa shape index (κ3) is 5.05. The highest BCUT2D eigenvalue weighted by molar-refractivity contribution is 6.33. The minimum Gasteiger partial charge on any atom is -0.371 e. The van der Waals surface area contributed by atoms with Crippen LogP contribution in [0.15, 0.2) is 48.8 Å². The summed E-state index contributed by atoms with van der Waals surface area (Å²) in [7, 11) is 2.24. The van der Waals surface area contributed by atoms with E-state index in [2.05, 4.69) is 82.4 Å². The van der Waals surface area contributed by atoms with E-state index in [1.807, 2.05) is 6.20 Å². The van der Waals surface area contributed by atoms with Crippen LogP contribution in [0.1, 0.15) is 49.7 Å². The number of H-pyrrole nitrogens is 1. The van der Waals surface area contributed by atoms with Crippen LogP contribution < -0.4 is 10.2 Å². The van der Waals surface area contributed by atoms with E-state index in [9.17, 15) is 0 Å². The van der Waals surface area contributed by atoms with Crippen LogP contribution in [0.2, 0.25) is 5.02 Å². The highest BCUT2D eigenvalue weighted by atomic mass is 35.5. The van der Waals surface area contributed by atoms with Gasteiger partial charge in [-0.1, -0.05) is 30.7 Å². The van der Waals surface area contributed by atoms with Gasteiger partial charge >= 0.3 is 0 Å². The molecule has 0 spiro atoms. The average Bonchev–Trinajstić information content (AvgIpc) is 3.69. The first-order chi connectivity index (χ1) is 18.0. The van der Waals surface area contributed by atoms with E-state index in [-0.39, 0.29) is 0 Å². The number of aromatic amines is 1. The van der Waals surface area contributed by atoms with Gasteiger partial charge in [-0.25, -0.2) is 9.97 Å². The van der Waals surface area contributed by atoms with Crippen molar-refractivity contribution in [3.63, 3.8) is 0 Å². The van der Waals surface area contributed by atoms with Gasteiger partial charge in [-0.05, 0) is 87.5 Å². The SMILES string of the molecule is CCN(C)C1CCN(c2cc(Nc3ncc(Cl)c(-c4c[nH]c5cc(C)ccc45)n3)cc(C3CC3)c2)CC1. The van der Waals surface area contributed by atoms with Crippen LogP contribution in [0.4, 0.5) is 17.3 Å². The van der Waals surface area contributed by atoms with Crippen LogP contribution in [0, 0.1) is 6.92 Å². The molecule has 0 radical (unpaired) electrons. The van der Waals surface area contributed by atoms with E-state index in [0.717, 1.165) is 47.5 Å². The highest BCUT2D eigenvalue weighted by Crippen LogP contribution is 2.43. The van der Waals surface area contributed by atoms with E-state index < -0.39 is 0 Å². The number of aromatic nitrogens is 3. The van der Waals surface area contributed by atoms with Crippen molar-refractivity contribution in [2.24, 2.45) is 0 Å². The molecule has 0 unspecified atom stereocenters. The molecule has 192 valence electrons. The van der Waals surface area contributed by atoms with Crippen molar-refractivity contribution in [2.45, 2.75) is 51.5 Å². The normalized spacial score (nSPS) is 16.6. The fraction of sp³-hybridized carbons (Fsp3) is 0.400. The molecule has 0 amide bonds. The molecule has 1 saturated carbocycles. The second-order valence-electron chi connectivity index (χ2n) is 10.6. The molecule has 2 fully saturated rings. The van der Waals surface area contributed by atoms with Gasteiger partial charge in [-0.2, -0.15) is 0 Å². The molecule has 0 bridgehead atoms. The Morgan fingerprint density at radius 2 is 1.92 bits per heavy atom. The molecule has 1 aliphatic heterocycles. The molecule has 6 nitrogen and oxygen atoms in total. The minimum atomic E-state index is 0.541. The summed E-state index contributed by atoms with van der Waals surface area (Å²) in [6, 6.07) is 14.0. The van der Waals surface area contributed by atoms with Crippen molar-refractivity contribution in [1.29, 1.82) is 0 Å². The Morgan fingerprint density at radius 1 is 1.11 bits per heavy atom. The van der Waals surface area contributed by atoms with Crippen molar-refractivity contribution in [1.82, 2.24) is 19.9 Å². The van der Waals surface area contributed by atoms with E-state index in [0.29, 0.717) is 22.9 Å². The number of fused-ring (bicyclic) bond motifs is 1. The van der Waals surface area contributed by atoms with E-state index >= 15 is 0 Å². The zero-order valence-corrected chi connectivity index (χ0v) is 22.6. The number of halogens is 1. The van der Waals surface area contributed by atoms with Crippen molar-refractivity contribution in [3.05, 3.63) is 64.9 Å². The van der Waals surface area contributed by atoms with Crippen LogP contribution in [0.3, 0.4) is 0 Å². The smallest absolute Gasteiger partial charge is 0.227 e. The number of anilines is 3. The Kier molecular flexibility index (Phi) is 6.55. The number of piperidine rings is 1. The van der Waals surface area contributed by atoms with Crippen LogP contribution in [0.5, 0.6) is 0 Å². The predicted molar refractivity (Wildman–Crippen MR) is 154 cm³/mol. The maximum Gasteiger partial charge on any atom is 0.227 e. The first-order valence-electron chi connectivity index (χ1n) is 13.5. The molecule has 2 aliphatic rings. The third-order valence-electron chi connectivity index (χ3n) is 8.03. The Balaban J connectivity index is 1.28. The highest BCUT2D eigenvalue weighted by Gasteiger charge is 2.27. The summed E-state index contributed by atoms with van der Waals surface area (Å²) in [6.07, 6.45) is 8.62. The fourth-order valence-corrected chi connectivity index (χ4v) is 5.74. The number of hydrogen-bond donors (Lipinski definition) is 2. The average molecular weight is 515 g/mol. The number of benzene rings is 2. The van der Waals surface area contributed by atoms with Crippen molar-refractivity contribution < 1.29 is 0 Å². The predicted octanol–water partition coefficient (Wildman–Crippen LogP) is 7.13. The molecule has 2 N–H and O–H groups in total. The van der Waals surface area contributed by atoms with Gasteiger partial charge in [0.2, 0.25) is 5.95 Å². The van der Waals surface area contributed by atoms with Crippen LogP contribution >= 0.6 is 11.6 Å². The third-order valence-corrected chi connectivity index (χ3v) is 8.31. The Morgan fingerprint density at radius 3 is 2.68 bits per heavy atom. The summed E-state index contributed by atoms with van der Waals surface area (Å²) >= 11 is 6.59. The molecule has 4 aromatic rings. The summed E-state index contributed by atoms with van der Waals surface area (Å²) in [6.45, 7) is 7.62. The van der Waals surface area contributed by atoms with Crippen LogP contribution in [-0.2, 0) is 0 Å². The summed E-state index contributed by atoms with van der Waals surface area (Å²) < 4.78 is 0. The molecule has 0 atom stereocenters. The molecule has 1 saturated heterocycles. The van der Waals surface area contributed by atoms with E-state index in [1.54, 1.807) is 6.20 Å². The summed E-state index contributed by atoms with van der Waals surface area (Å²) in [5.74, 6) is 1.23. The van der Waals surface area contributed by atoms with Crippen molar-refractivity contribution in [2.75, 3.05) is 36.9 Å². The number of rotatable bonds is 7. The first-order valence-corrected chi connectivity index (χ1v) is 13.8. The van der Waals surface area contributed by atoms with Gasteiger partial charge < -0.3 is 20.1 Å². The number of hydrogen-bond acceptors (Lipinski definition) is 5. The zero-order chi connectivity index (χ0) is 25.5. The molecule has 2 aromatic heterocycles. The monoisotopic (exact) mass is 514 g/mol. The summed E-state index contributed by atoms with van der Waals surface area (Å²) in [5, 5.41) is 5.15. The molecule has 3 heterocycles. The number of aryl methyl sites for hydroxylation is 1. The standard InChI is InChI=1S/C30H35ClN6/c1-4-36(3)23-9-11-37(12-10-23)24-15-21(20-6-7-20)14-22(16-24)34-30-33-18-27(31)29(35-30)26-17-32-28-13-19(2)5-8-25(26)28/h5,8,13-18,20,23,32H,4,6-7,9-12H2,1-3H3,(H,33,34,35). The van der Waals surface area contributed by atoms with Gasteiger partial charge in [0, 0.05) is 53.2 Å². The van der Waals surface area contributed by atoms with Crippen molar-refractivity contribution >= 4 is 39.8 Å². The quantitative estimate of drug-likeness (QED) is 0.275. The van der Waals surface area contributed by atoms with Gasteiger partial charge in [0.15, 0.2) is 0 Å². The zero-order valence-electron chi connectivity index (χ0n) is 21.9. The van der Waals surface area contributed by atoms with Gasteiger partial charge in [-0.3, -0.25) is 0 Å². The van der Waals surface area contributed by atoms with Gasteiger partial charge in [0.1, 0.15) is 0 Å². The lowest BCUT2D eigenvalue weighted by Crippen LogP contribution is -2.43. The lowest BCUT2D eigenvalue weighted by atomic mass is 10.0. The molecule has 6 rings (SSSR count). The molecule has 7 heteroatoms. The van der Waals surface area contributed by atoms with Gasteiger partial charge in [0.25, 0.3) is 0 Å². The van der Waals surface area contributed by atoms with Gasteiger partial charge in [-0.15, -0.1) is 0 Å². The largest absolute Gasteiger partial charge is 0.371 e. The Hall–Kier alpha value is -3.09. The fourth-order valence-electron chi connectivity index (χ4n) is 5.55.